The molecular formula is C97H121N9O20. The first-order chi connectivity index (χ1) is 59.6. The molecule has 0 aromatic heterocycles. The Morgan fingerprint density at radius 1 is 0.373 bits per heavy atom. The summed E-state index contributed by atoms with van der Waals surface area (Å²) in [6.07, 6.45) is 19.2. The summed E-state index contributed by atoms with van der Waals surface area (Å²) in [5.74, 6) is -3.43. The fourth-order valence-corrected chi connectivity index (χ4v) is 15.0. The van der Waals surface area contributed by atoms with Crippen LogP contribution in [0.1, 0.15) is 202 Å². The third-order valence-electron chi connectivity index (χ3n) is 22.4. The molecule has 4 heterocycles. The van der Waals surface area contributed by atoms with Gasteiger partial charge < -0.3 is 122 Å². The van der Waals surface area contributed by atoms with Crippen LogP contribution >= 0.6 is 0 Å². The standard InChI is InChI=1S/C31H43N3O5.C27H34N2O5.C22H26N2O5.C17H18N2O5/c1-20(10-8-15-31(6,33-21(2)35)16-9-14-30(3,4)5)13-17-34-24-18-22(36)19-26(38)28(24)32-27-23(29(34)39)11-7-12-25(27)37;1-17(11-12-19(3)34-4)7-5-8-18(2)13-14-29-22-15-20(30)16-24(32)26(22)28-25-21(27(29)33)9-6-10-23(25)31;1-13(7-8-14(2)29-3)9-10-24-17-11-15(25)12-19(27)21(17)23-20-16(22(24)28)5-4-6-18(20)26;1-9(24-2)8-19-12-6-10(20)7-14(22)16(12)18-15-11(17(19)23)4-3-5-13(15)21/h7,11-13,18-19,32,36-38H,8-10,14-17H2,1-6H3,(H,33,35);6-7,9-10,13,15-16,19,28,30-32H,5,8,11-12,14H2,1-4H3;4-6,9,11-12,14,23,25-27H,7-8,10H2,1-3H3;3-7,9,18,20-22H,8H2,1-2H3/b20-13+;17-7+,18-13+;13-9+;. The van der Waals surface area contributed by atoms with E-state index in [4.69, 9.17) is 14.2 Å². The van der Waals surface area contributed by atoms with Gasteiger partial charge >= 0.3 is 0 Å². The van der Waals surface area contributed by atoms with Crippen molar-refractivity contribution < 1.29 is 99.5 Å². The number of phenols is 12. The summed E-state index contributed by atoms with van der Waals surface area (Å²) in [5, 5.41) is 138. The molecule has 5 amide bonds. The maximum Gasteiger partial charge on any atom is 0.260 e. The summed E-state index contributed by atoms with van der Waals surface area (Å²) < 4.78 is 15.8. The lowest BCUT2D eigenvalue weighted by Gasteiger charge is -2.32. The van der Waals surface area contributed by atoms with Crippen molar-refractivity contribution in [2.45, 2.75) is 184 Å². The summed E-state index contributed by atoms with van der Waals surface area (Å²) in [6.45, 7) is 25.3. The number of benzene rings is 8. The zero-order chi connectivity index (χ0) is 92.3. The molecule has 12 rings (SSSR count). The minimum absolute atomic E-state index is 0.0229. The van der Waals surface area contributed by atoms with E-state index in [2.05, 4.69) is 74.2 Å². The molecule has 4 unspecified atom stereocenters. The average molecular weight is 1730 g/mol. The van der Waals surface area contributed by atoms with Gasteiger partial charge in [-0.25, -0.2) is 0 Å². The number of hydrogen-bond donors (Lipinski definition) is 17. The molecule has 0 fully saturated rings. The molecule has 29 heteroatoms. The van der Waals surface area contributed by atoms with E-state index in [1.54, 1.807) is 76.6 Å². The van der Waals surface area contributed by atoms with Crippen LogP contribution in [-0.4, -0.2) is 162 Å². The Hall–Kier alpha value is -13.3. The van der Waals surface area contributed by atoms with E-state index in [0.29, 0.717) is 22.7 Å². The Labute approximate surface area is 735 Å². The predicted molar refractivity (Wildman–Crippen MR) is 493 cm³/mol. The lowest BCUT2D eigenvalue weighted by Crippen LogP contribution is -2.45. The molecule has 0 bridgehead atoms. The maximum absolute atomic E-state index is 13.5. The molecule has 0 aliphatic carbocycles. The average Bonchev–Trinajstić information content (AvgIpc) is 1.64. The molecular weight excluding hydrogens is 1610 g/mol. The summed E-state index contributed by atoms with van der Waals surface area (Å²) in [4.78, 5) is 70.9. The molecule has 0 spiro atoms. The number of nitrogens with zero attached hydrogens (tertiary/aromatic N) is 4. The first-order valence-electron chi connectivity index (χ1n) is 42.0. The maximum atomic E-state index is 13.5. The van der Waals surface area contributed by atoms with Gasteiger partial charge in [0.25, 0.3) is 23.6 Å². The van der Waals surface area contributed by atoms with E-state index in [1.807, 2.05) is 45.9 Å². The van der Waals surface area contributed by atoms with Gasteiger partial charge in [-0.15, -0.1) is 0 Å². The van der Waals surface area contributed by atoms with Crippen LogP contribution in [0.5, 0.6) is 69.0 Å². The monoisotopic (exact) mass is 1730 g/mol. The second-order valence-electron chi connectivity index (χ2n) is 33.9. The van der Waals surface area contributed by atoms with Crippen LogP contribution in [0.25, 0.3) is 0 Å². The fourth-order valence-electron chi connectivity index (χ4n) is 15.0. The number of para-hydroxylation sites is 4. The number of anilines is 12. The highest BCUT2D eigenvalue weighted by atomic mass is 16.5. The van der Waals surface area contributed by atoms with E-state index in [-0.39, 0.29) is 222 Å². The van der Waals surface area contributed by atoms with Crippen molar-refractivity contribution in [3.05, 3.63) is 190 Å². The molecule has 8 aromatic rings. The van der Waals surface area contributed by atoms with Crippen LogP contribution in [-0.2, 0) is 19.0 Å². The van der Waals surface area contributed by atoms with Crippen molar-refractivity contribution in [1.82, 2.24) is 5.32 Å². The van der Waals surface area contributed by atoms with Crippen molar-refractivity contribution in [3.63, 3.8) is 0 Å². The quantitative estimate of drug-likeness (QED) is 0.0123. The number of carbonyl (C=O) groups excluding carboxylic acids is 5. The number of ether oxygens (including phenoxy) is 3. The third-order valence-corrected chi connectivity index (χ3v) is 22.4. The van der Waals surface area contributed by atoms with Crippen molar-refractivity contribution >= 4 is 97.8 Å². The molecule has 17 N–H and O–H groups in total. The largest absolute Gasteiger partial charge is 0.508 e. The van der Waals surface area contributed by atoms with E-state index < -0.39 is 0 Å². The zero-order valence-corrected chi connectivity index (χ0v) is 74.3. The molecule has 8 aromatic carbocycles. The van der Waals surface area contributed by atoms with Gasteiger partial charge in [0.15, 0.2) is 0 Å². The van der Waals surface area contributed by atoms with Crippen molar-refractivity contribution in [3.8, 4) is 69.0 Å². The van der Waals surface area contributed by atoms with Crippen molar-refractivity contribution in [2.75, 3.05) is 88.4 Å². The molecule has 674 valence electrons. The number of rotatable bonds is 28. The number of nitrogens with one attached hydrogen (secondary N) is 5. The minimum atomic E-state index is -0.374. The zero-order valence-electron chi connectivity index (χ0n) is 74.3. The van der Waals surface area contributed by atoms with Crippen LogP contribution in [0.15, 0.2) is 168 Å². The van der Waals surface area contributed by atoms with E-state index in [0.717, 1.165) is 93.8 Å². The topological polar surface area (TPSA) is 429 Å². The van der Waals surface area contributed by atoms with E-state index in [1.165, 1.54) is 105 Å². The molecule has 29 nitrogen and oxygen atoms in total. The van der Waals surface area contributed by atoms with E-state index >= 15 is 0 Å². The van der Waals surface area contributed by atoms with Gasteiger partial charge in [0.1, 0.15) is 91.7 Å². The highest BCUT2D eigenvalue weighted by Gasteiger charge is 2.36. The summed E-state index contributed by atoms with van der Waals surface area (Å²) in [5.41, 5.74) is 8.79. The Kier molecular flexibility index (Phi) is 32.9. The number of methoxy groups -OCH3 is 3. The van der Waals surface area contributed by atoms with Gasteiger partial charge in [0, 0.05) is 102 Å². The summed E-state index contributed by atoms with van der Waals surface area (Å²) in [7, 11) is 4.94. The van der Waals surface area contributed by atoms with Crippen LogP contribution in [0.2, 0.25) is 0 Å². The highest BCUT2D eigenvalue weighted by Crippen LogP contribution is 2.51. The first kappa shape index (κ1) is 96.6. The number of phenolic OH excluding ortho intramolecular Hbond substituents is 12. The molecule has 126 heavy (non-hydrogen) atoms. The third kappa shape index (κ3) is 24.8. The van der Waals surface area contributed by atoms with Crippen LogP contribution in [0.4, 0.5) is 68.2 Å². The number of hydrogen-bond acceptors (Lipinski definition) is 24. The van der Waals surface area contributed by atoms with Gasteiger partial charge in [0.2, 0.25) is 5.91 Å². The van der Waals surface area contributed by atoms with Gasteiger partial charge in [-0.2, -0.15) is 0 Å². The lowest BCUT2D eigenvalue weighted by atomic mass is 9.83. The Morgan fingerprint density at radius 2 is 0.667 bits per heavy atom. The molecule has 4 atom stereocenters. The number of aromatic hydroxyl groups is 12. The van der Waals surface area contributed by atoms with Crippen LogP contribution < -0.4 is 46.2 Å². The Morgan fingerprint density at radius 3 is 0.984 bits per heavy atom. The van der Waals surface area contributed by atoms with Gasteiger partial charge in [0.05, 0.1) is 92.6 Å². The minimum Gasteiger partial charge on any atom is -0.508 e. The Balaban J connectivity index is 0.000000193. The predicted octanol–water partition coefficient (Wildman–Crippen LogP) is 19.5. The lowest BCUT2D eigenvalue weighted by molar-refractivity contribution is -0.120. The first-order valence-corrected chi connectivity index (χ1v) is 42.0. The van der Waals surface area contributed by atoms with Crippen molar-refractivity contribution in [2.24, 2.45) is 5.41 Å². The summed E-state index contributed by atoms with van der Waals surface area (Å²) >= 11 is 0. The normalized spacial score (nSPS) is 14.8. The molecule has 0 saturated heterocycles. The molecule has 0 radical (unpaired) electrons. The highest BCUT2D eigenvalue weighted by molar-refractivity contribution is 6.18. The van der Waals surface area contributed by atoms with Crippen LogP contribution in [0.3, 0.4) is 0 Å². The number of fused-ring (bicyclic) bond motifs is 8. The second-order valence-corrected chi connectivity index (χ2v) is 33.9. The van der Waals surface area contributed by atoms with Gasteiger partial charge in [-0.1, -0.05) is 98.1 Å². The number of amides is 5. The fraction of sp³-hybridized carbons (Fsp3) is 0.371. The molecule has 4 aliphatic rings. The number of allylic oxidation sites excluding steroid dienone is 5. The van der Waals surface area contributed by atoms with Gasteiger partial charge in [-0.3, -0.25) is 24.0 Å². The second kappa shape index (κ2) is 42.9. The molecule has 4 aliphatic heterocycles. The van der Waals surface area contributed by atoms with Gasteiger partial charge in [-0.05, 0) is 180 Å². The van der Waals surface area contributed by atoms with Crippen molar-refractivity contribution in [1.29, 1.82) is 0 Å². The number of carbonyl (C=O) groups is 5. The summed E-state index contributed by atoms with van der Waals surface area (Å²) in [6, 6.07) is 29.0. The molecule has 0 saturated carbocycles. The smallest absolute Gasteiger partial charge is 0.260 e. The Bertz CT molecular complexity index is 5420. The van der Waals surface area contributed by atoms with Crippen LogP contribution in [0, 0.1) is 5.41 Å². The van der Waals surface area contributed by atoms with E-state index in [9.17, 15) is 85.3 Å². The SMILES string of the molecule is CC(=O)NC(C)(CCC/C(C)=C/CN1C(=O)c2cccc(O)c2Nc2c(O)cc(O)cc21)CCCC(C)(C)C.COC(C)CC/C(C)=C/CC/C(C)=C/CN1C(=O)c2cccc(O)c2Nc2c(O)cc(O)cc21.COC(C)CC/C(C)=C/CN1C(=O)c2cccc(O)c2Nc2c(O)cc(O)cc21.COC(C)CN1C(=O)c2cccc(O)c2Nc2c(O)cc(O)cc21.